The van der Waals surface area contributed by atoms with Crippen LogP contribution in [-0.2, 0) is 9.47 Å². The number of para-hydroxylation sites is 1. The summed E-state index contributed by atoms with van der Waals surface area (Å²) in [5.41, 5.74) is 5.15. The van der Waals surface area contributed by atoms with Crippen molar-refractivity contribution < 1.29 is 9.47 Å². The molecular formula is C33H37NO2. The van der Waals surface area contributed by atoms with Crippen LogP contribution in [0.3, 0.4) is 0 Å². The van der Waals surface area contributed by atoms with Crippen LogP contribution in [0.5, 0.6) is 0 Å². The molecule has 3 aliphatic rings. The first-order valence-electron chi connectivity index (χ1n) is 13.4. The molecule has 1 aliphatic heterocycles. The Morgan fingerprint density at radius 2 is 1.25 bits per heavy atom. The molecule has 3 nitrogen and oxygen atoms in total. The van der Waals surface area contributed by atoms with E-state index in [2.05, 4.69) is 102 Å². The largest absolute Gasteiger partial charge is 0.375 e. The van der Waals surface area contributed by atoms with E-state index in [1.807, 2.05) is 13.8 Å². The Hall–Kier alpha value is -2.88. The van der Waals surface area contributed by atoms with Gasteiger partial charge in [0.15, 0.2) is 5.79 Å². The van der Waals surface area contributed by atoms with Crippen molar-refractivity contribution in [1.82, 2.24) is 0 Å². The highest BCUT2D eigenvalue weighted by atomic mass is 16.7. The van der Waals surface area contributed by atoms with Crippen LogP contribution >= 0.6 is 0 Å². The summed E-state index contributed by atoms with van der Waals surface area (Å²) in [6.45, 7) is 5.70. The molecule has 0 unspecified atom stereocenters. The molecule has 6 rings (SSSR count). The first-order valence-corrected chi connectivity index (χ1v) is 13.4. The summed E-state index contributed by atoms with van der Waals surface area (Å²) in [5.74, 6) is 0.843. The molecule has 3 heteroatoms. The molecule has 0 aromatic heterocycles. The number of nitrogens with one attached hydrogen (secondary N) is 1. The number of hydrogen-bond acceptors (Lipinski definition) is 3. The second-order valence-electron chi connectivity index (χ2n) is 11.7. The molecule has 0 bridgehead atoms. The van der Waals surface area contributed by atoms with E-state index in [9.17, 15) is 0 Å². The third kappa shape index (κ3) is 4.63. The van der Waals surface area contributed by atoms with Crippen molar-refractivity contribution in [1.29, 1.82) is 0 Å². The molecule has 186 valence electrons. The van der Waals surface area contributed by atoms with Gasteiger partial charge in [0.1, 0.15) is 0 Å². The summed E-state index contributed by atoms with van der Waals surface area (Å²) in [7, 11) is 0. The molecule has 1 N–H and O–H groups in total. The van der Waals surface area contributed by atoms with Crippen LogP contribution in [0.4, 0.5) is 5.69 Å². The van der Waals surface area contributed by atoms with Gasteiger partial charge in [-0.25, -0.2) is 0 Å². The van der Waals surface area contributed by atoms with Gasteiger partial charge >= 0.3 is 0 Å². The van der Waals surface area contributed by atoms with Crippen LogP contribution in [0.1, 0.15) is 50.7 Å². The van der Waals surface area contributed by atoms with Crippen LogP contribution in [0.2, 0.25) is 0 Å². The fraction of sp³-hybridized carbons (Fsp3) is 0.394. The fourth-order valence-corrected chi connectivity index (χ4v) is 6.98. The van der Waals surface area contributed by atoms with Crippen LogP contribution in [0.25, 0.3) is 11.6 Å². The van der Waals surface area contributed by atoms with E-state index < -0.39 is 5.79 Å². The predicted molar refractivity (Wildman–Crippen MR) is 147 cm³/mol. The van der Waals surface area contributed by atoms with E-state index in [0.717, 1.165) is 26.1 Å². The fourth-order valence-electron chi connectivity index (χ4n) is 6.98. The van der Waals surface area contributed by atoms with Crippen molar-refractivity contribution in [3.05, 3.63) is 102 Å². The Balaban J connectivity index is 1.38. The Bertz CT molecular complexity index is 1180. The van der Waals surface area contributed by atoms with Crippen LogP contribution in [-0.4, -0.2) is 24.5 Å². The molecule has 2 atom stereocenters. The van der Waals surface area contributed by atoms with E-state index >= 15 is 0 Å². The minimum atomic E-state index is -0.458. The highest BCUT2D eigenvalue weighted by Gasteiger charge is 2.57. The van der Waals surface area contributed by atoms with E-state index in [1.165, 1.54) is 35.2 Å². The lowest BCUT2D eigenvalue weighted by atomic mass is 9.76. The number of anilines is 1. The van der Waals surface area contributed by atoms with Gasteiger partial charge in [0.05, 0.1) is 18.8 Å². The van der Waals surface area contributed by atoms with Gasteiger partial charge < -0.3 is 14.8 Å². The lowest BCUT2D eigenvalue weighted by molar-refractivity contribution is -0.285. The van der Waals surface area contributed by atoms with Crippen molar-refractivity contribution in [2.45, 2.75) is 50.9 Å². The molecule has 0 amide bonds. The highest BCUT2D eigenvalue weighted by molar-refractivity contribution is 5.89. The van der Waals surface area contributed by atoms with Gasteiger partial charge in [-0.05, 0) is 86.3 Å². The van der Waals surface area contributed by atoms with Crippen molar-refractivity contribution in [3.63, 3.8) is 0 Å². The van der Waals surface area contributed by atoms with Crippen molar-refractivity contribution >= 4 is 17.3 Å². The average molecular weight is 480 g/mol. The maximum absolute atomic E-state index is 6.16. The third-order valence-electron chi connectivity index (χ3n) is 8.60. The molecule has 3 fully saturated rings. The van der Waals surface area contributed by atoms with Gasteiger partial charge in [-0.2, -0.15) is 0 Å². The molecule has 0 radical (unpaired) electrons. The number of benzene rings is 3. The molecule has 2 aliphatic carbocycles. The number of hydrogen-bond donors (Lipinski definition) is 1. The quantitative estimate of drug-likeness (QED) is 0.381. The zero-order valence-electron chi connectivity index (χ0n) is 21.5. The summed E-state index contributed by atoms with van der Waals surface area (Å²) in [5, 5.41) is 4.08. The predicted octanol–water partition coefficient (Wildman–Crippen LogP) is 7.67. The first-order chi connectivity index (χ1) is 17.4. The van der Waals surface area contributed by atoms with Gasteiger partial charge in [-0.1, -0.05) is 78.9 Å². The molecule has 2 saturated carbocycles. The maximum atomic E-state index is 6.16. The van der Waals surface area contributed by atoms with E-state index in [0.29, 0.717) is 11.8 Å². The Labute approximate surface area is 215 Å². The van der Waals surface area contributed by atoms with E-state index in [1.54, 1.807) is 0 Å². The Kier molecular flexibility index (Phi) is 6.02. The molecule has 1 spiro atoms. The van der Waals surface area contributed by atoms with Crippen LogP contribution < -0.4 is 5.32 Å². The summed E-state index contributed by atoms with van der Waals surface area (Å²) in [4.78, 5) is 0. The lowest BCUT2D eigenvalue weighted by Gasteiger charge is -2.43. The summed E-state index contributed by atoms with van der Waals surface area (Å²) in [6, 6.07) is 32.5. The topological polar surface area (TPSA) is 30.5 Å². The number of rotatable bonds is 5. The minimum absolute atomic E-state index is 0.134. The lowest BCUT2D eigenvalue weighted by Crippen LogP contribution is -2.46. The normalized spacial score (nSPS) is 26.0. The molecule has 3 aromatic rings. The van der Waals surface area contributed by atoms with Crippen molar-refractivity contribution in [2.75, 3.05) is 18.5 Å². The van der Waals surface area contributed by atoms with Crippen LogP contribution in [0, 0.1) is 17.3 Å². The molecule has 3 aromatic carbocycles. The minimum Gasteiger partial charge on any atom is -0.375 e. The van der Waals surface area contributed by atoms with Crippen molar-refractivity contribution in [2.24, 2.45) is 17.3 Å². The Morgan fingerprint density at radius 1 is 0.722 bits per heavy atom. The van der Waals surface area contributed by atoms with E-state index in [-0.39, 0.29) is 11.0 Å². The Morgan fingerprint density at radius 3 is 1.83 bits per heavy atom. The van der Waals surface area contributed by atoms with Gasteiger partial charge in [-0.3, -0.25) is 0 Å². The van der Waals surface area contributed by atoms with Gasteiger partial charge in [0, 0.05) is 11.1 Å². The molecular weight excluding hydrogens is 442 g/mol. The number of ether oxygens (including phenoxy) is 2. The molecule has 36 heavy (non-hydrogen) atoms. The second-order valence-corrected chi connectivity index (χ2v) is 11.7. The average Bonchev–Trinajstić information content (AvgIpc) is 3.39. The zero-order chi connectivity index (χ0) is 24.6. The van der Waals surface area contributed by atoms with Gasteiger partial charge in [0.2, 0.25) is 0 Å². The summed E-state index contributed by atoms with van der Waals surface area (Å²) >= 11 is 0. The zero-order valence-corrected chi connectivity index (χ0v) is 21.5. The monoisotopic (exact) mass is 479 g/mol. The summed E-state index contributed by atoms with van der Waals surface area (Å²) < 4.78 is 12.3. The first kappa shape index (κ1) is 23.5. The SMILES string of the molecule is CC1(C)OCC2(CO1)C[C@H]1CC(Nc3ccccc3)(/C(=C/c3ccccc3)c3ccccc3)C[C@@H]1C2. The van der Waals surface area contributed by atoms with Crippen LogP contribution in [0.15, 0.2) is 91.0 Å². The second kappa shape index (κ2) is 9.21. The highest BCUT2D eigenvalue weighted by Crippen LogP contribution is 2.60. The molecule has 1 heterocycles. The maximum Gasteiger partial charge on any atom is 0.162 e. The van der Waals surface area contributed by atoms with Gasteiger partial charge in [-0.15, -0.1) is 0 Å². The summed E-state index contributed by atoms with van der Waals surface area (Å²) in [6.07, 6.45) is 7.01. The smallest absolute Gasteiger partial charge is 0.162 e. The standard InChI is InChI=1S/C33H37NO2/c1-31(2)35-23-32(24-36-31)19-27-21-33(22-28(27)20-32,34-29-16-10-5-11-17-29)30(26-14-8-4-9-15-26)18-25-12-6-3-7-13-25/h3-18,27-28,34H,19-24H2,1-2H3/b30-18+/t27-,28-/m0/s1. The molecule has 1 saturated heterocycles. The van der Waals surface area contributed by atoms with E-state index in [4.69, 9.17) is 9.47 Å². The third-order valence-corrected chi connectivity index (χ3v) is 8.60. The van der Waals surface area contributed by atoms with Crippen molar-refractivity contribution in [3.8, 4) is 0 Å². The van der Waals surface area contributed by atoms with Gasteiger partial charge in [0.25, 0.3) is 0 Å². The number of fused-ring (bicyclic) bond motifs is 1.